The topological polar surface area (TPSA) is 101 Å². The molecule has 8 nitrogen and oxygen atoms in total. The van der Waals surface area contributed by atoms with Crippen molar-refractivity contribution in [2.24, 2.45) is 0 Å². The number of rotatable bonds is 8. The highest BCUT2D eigenvalue weighted by molar-refractivity contribution is 6.30. The average molecular weight is 572 g/mol. The van der Waals surface area contributed by atoms with Gasteiger partial charge in [0, 0.05) is 28.0 Å². The third-order valence-electron chi connectivity index (χ3n) is 7.15. The minimum Gasteiger partial charge on any atom is -0.497 e. The predicted molar refractivity (Wildman–Crippen MR) is 157 cm³/mol. The maximum absolute atomic E-state index is 13.8. The molecule has 0 fully saturated rings. The van der Waals surface area contributed by atoms with Crippen LogP contribution in [0.5, 0.6) is 11.6 Å². The molecule has 5 rings (SSSR count). The second kappa shape index (κ2) is 11.6. The molecular formula is C32H30ClN3O5. The van der Waals surface area contributed by atoms with Gasteiger partial charge in [0.2, 0.25) is 17.9 Å². The number of fused-ring (bicyclic) bond motifs is 1. The largest absolute Gasteiger partial charge is 0.497 e. The van der Waals surface area contributed by atoms with Gasteiger partial charge in [-0.25, -0.2) is 9.78 Å². The predicted octanol–water partition coefficient (Wildman–Crippen LogP) is 5.27. The summed E-state index contributed by atoms with van der Waals surface area (Å²) < 4.78 is 11.5. The number of carboxylic acids is 1. The number of benzene rings is 3. The summed E-state index contributed by atoms with van der Waals surface area (Å²) in [5.74, 6) is -0.601. The molecule has 1 aliphatic heterocycles. The maximum Gasteiger partial charge on any atom is 0.347 e. The van der Waals surface area contributed by atoms with Crippen molar-refractivity contribution >= 4 is 29.2 Å². The summed E-state index contributed by atoms with van der Waals surface area (Å²) in [6.45, 7) is 3.79. The van der Waals surface area contributed by atoms with Crippen molar-refractivity contribution in [3.8, 4) is 11.6 Å². The van der Waals surface area contributed by atoms with Crippen molar-refractivity contribution in [1.29, 1.82) is 0 Å². The highest BCUT2D eigenvalue weighted by atomic mass is 35.5. The van der Waals surface area contributed by atoms with Crippen molar-refractivity contribution in [3.05, 3.63) is 118 Å². The maximum atomic E-state index is 13.8. The van der Waals surface area contributed by atoms with Gasteiger partial charge in [-0.1, -0.05) is 54.1 Å². The summed E-state index contributed by atoms with van der Waals surface area (Å²) in [5.41, 5.74) is 2.54. The fourth-order valence-electron chi connectivity index (χ4n) is 5.34. The zero-order valence-corrected chi connectivity index (χ0v) is 23.7. The van der Waals surface area contributed by atoms with Crippen LogP contribution in [0.3, 0.4) is 0 Å². The summed E-state index contributed by atoms with van der Waals surface area (Å²) in [6.07, 6.45) is -1.52. The van der Waals surface area contributed by atoms with Crippen molar-refractivity contribution in [3.63, 3.8) is 0 Å². The quantitative estimate of drug-likeness (QED) is 0.297. The van der Waals surface area contributed by atoms with Crippen LogP contribution in [0.15, 0.2) is 84.9 Å². The van der Waals surface area contributed by atoms with Gasteiger partial charge in [-0.15, -0.1) is 0 Å². The van der Waals surface area contributed by atoms with Crippen LogP contribution in [-0.4, -0.2) is 41.7 Å². The van der Waals surface area contributed by atoms with Gasteiger partial charge in [0.15, 0.2) is 0 Å². The van der Waals surface area contributed by atoms with E-state index in [0.717, 1.165) is 11.1 Å². The van der Waals surface area contributed by atoms with Crippen LogP contribution >= 0.6 is 11.6 Å². The first kappa shape index (κ1) is 28.1. The van der Waals surface area contributed by atoms with E-state index in [2.05, 4.69) is 10.3 Å². The molecule has 210 valence electrons. The number of hydrogen-bond acceptors (Lipinski definition) is 6. The summed E-state index contributed by atoms with van der Waals surface area (Å²) >= 11 is 6.56. The number of carbonyl (C=O) groups excluding carboxylic acids is 1. The fourth-order valence-corrected chi connectivity index (χ4v) is 5.51. The number of methoxy groups -OCH3 is 1. The Morgan fingerprint density at radius 3 is 2.46 bits per heavy atom. The monoisotopic (exact) mass is 571 g/mol. The van der Waals surface area contributed by atoms with E-state index in [1.54, 1.807) is 36.3 Å². The Kier molecular flexibility index (Phi) is 7.97. The van der Waals surface area contributed by atoms with Crippen LogP contribution in [0, 0.1) is 13.8 Å². The summed E-state index contributed by atoms with van der Waals surface area (Å²) in [5, 5.41) is 14.4. The number of hydrogen-bond donors (Lipinski definition) is 2. The Balaban J connectivity index is 1.72. The summed E-state index contributed by atoms with van der Waals surface area (Å²) in [6, 6.07) is 25.3. The normalized spacial score (nSPS) is 17.4. The van der Waals surface area contributed by atoms with E-state index < -0.39 is 17.6 Å². The molecule has 0 saturated carbocycles. The highest BCUT2D eigenvalue weighted by Crippen LogP contribution is 2.43. The lowest BCUT2D eigenvalue weighted by molar-refractivity contribution is -0.149. The van der Waals surface area contributed by atoms with E-state index in [1.165, 1.54) is 0 Å². The van der Waals surface area contributed by atoms with Crippen molar-refractivity contribution in [2.75, 3.05) is 18.6 Å². The molecule has 2 N–H and O–H groups in total. The average Bonchev–Trinajstić information content (AvgIpc) is 3.07. The number of anilines is 1. The van der Waals surface area contributed by atoms with Gasteiger partial charge in [0.1, 0.15) is 11.3 Å². The number of amides is 1. The number of nitrogens with one attached hydrogen (secondary N) is 1. The van der Waals surface area contributed by atoms with E-state index in [0.29, 0.717) is 33.3 Å². The molecule has 0 saturated heterocycles. The van der Waals surface area contributed by atoms with Crippen LogP contribution in [-0.2, 0) is 21.7 Å². The number of carbonyl (C=O) groups is 2. The molecule has 3 aromatic carbocycles. The second-order valence-corrected chi connectivity index (χ2v) is 10.4. The molecule has 1 amide bonds. The van der Waals surface area contributed by atoms with E-state index in [1.807, 2.05) is 74.5 Å². The van der Waals surface area contributed by atoms with Gasteiger partial charge in [-0.05, 0) is 66.9 Å². The second-order valence-electron chi connectivity index (χ2n) is 9.98. The van der Waals surface area contributed by atoms with Gasteiger partial charge in [-0.2, -0.15) is 0 Å². The molecule has 1 aliphatic rings. The highest BCUT2D eigenvalue weighted by Gasteiger charge is 2.52. The first-order valence-electron chi connectivity index (χ1n) is 13.1. The van der Waals surface area contributed by atoms with Gasteiger partial charge in [-0.3, -0.25) is 10.1 Å². The SMILES string of the molecule is COc1ccc(CN2C(=O)CN[C@](c3ccccc3)([C@H](Oc3cc(C)cc(C)n3)C(=O)O)c3cc(Cl)ccc32)cc1. The van der Waals surface area contributed by atoms with E-state index >= 15 is 0 Å². The van der Waals surface area contributed by atoms with E-state index in [9.17, 15) is 14.7 Å². The van der Waals surface area contributed by atoms with Gasteiger partial charge in [0.05, 0.1) is 20.2 Å². The first-order chi connectivity index (χ1) is 19.7. The fraction of sp³-hybridized carbons (Fsp3) is 0.219. The zero-order valence-electron chi connectivity index (χ0n) is 22.9. The Bertz CT molecular complexity index is 1560. The number of aryl methyl sites for hydroxylation is 2. The number of aromatic nitrogens is 1. The minimum atomic E-state index is -1.52. The van der Waals surface area contributed by atoms with E-state index in [4.69, 9.17) is 21.1 Å². The molecule has 0 unspecified atom stereocenters. The zero-order chi connectivity index (χ0) is 29.1. The van der Waals surface area contributed by atoms with Gasteiger partial charge >= 0.3 is 5.97 Å². The molecule has 1 aromatic heterocycles. The van der Waals surface area contributed by atoms with Crippen LogP contribution < -0.4 is 19.7 Å². The molecule has 2 heterocycles. The Hall–Kier alpha value is -4.40. The molecule has 0 aliphatic carbocycles. The van der Waals surface area contributed by atoms with E-state index in [-0.39, 0.29) is 24.9 Å². The molecule has 4 aromatic rings. The lowest BCUT2D eigenvalue weighted by atomic mass is 9.77. The number of aliphatic carboxylic acids is 1. The number of carboxylic acid groups (broad SMARTS) is 1. The molecule has 0 radical (unpaired) electrons. The Morgan fingerprint density at radius 1 is 1.07 bits per heavy atom. The van der Waals surface area contributed by atoms with Gasteiger partial charge in [0.25, 0.3) is 0 Å². The molecule has 0 spiro atoms. The minimum absolute atomic E-state index is 0.162. The number of nitrogens with zero attached hydrogens (tertiary/aromatic N) is 2. The molecule has 41 heavy (non-hydrogen) atoms. The number of halogens is 1. The summed E-state index contributed by atoms with van der Waals surface area (Å²) in [7, 11) is 1.59. The first-order valence-corrected chi connectivity index (χ1v) is 13.5. The summed E-state index contributed by atoms with van der Waals surface area (Å²) in [4.78, 5) is 33.0. The molecule has 9 heteroatoms. The van der Waals surface area contributed by atoms with Crippen LogP contribution in [0.4, 0.5) is 5.69 Å². The number of pyridine rings is 1. The van der Waals surface area contributed by atoms with Crippen LogP contribution in [0.2, 0.25) is 5.02 Å². The Morgan fingerprint density at radius 2 is 1.80 bits per heavy atom. The standard InChI is InChI=1S/C32H30ClN3O5/c1-20-15-21(2)35-28(16-20)41-30(31(38)39)32(23-7-5-4-6-8-23)26-17-24(33)11-14-27(26)36(29(37)18-34-32)19-22-9-12-25(40-3)13-10-22/h4-17,30,34H,18-19H2,1-3H3,(H,38,39)/t30-,32+/m1/s1. The van der Waals surface area contributed by atoms with Gasteiger partial charge < -0.3 is 19.5 Å². The lowest BCUT2D eigenvalue weighted by Gasteiger charge is -2.40. The Labute approximate surface area is 243 Å². The van der Waals surface area contributed by atoms with Crippen LogP contribution in [0.25, 0.3) is 0 Å². The number of ether oxygens (including phenoxy) is 2. The third-order valence-corrected chi connectivity index (χ3v) is 7.39. The lowest BCUT2D eigenvalue weighted by Crippen LogP contribution is -2.58. The molecular weight excluding hydrogens is 542 g/mol. The molecule has 0 bridgehead atoms. The van der Waals surface area contributed by atoms with Crippen molar-refractivity contribution < 1.29 is 24.2 Å². The molecule has 2 atom stereocenters. The van der Waals surface area contributed by atoms with Crippen molar-refractivity contribution in [2.45, 2.75) is 32.0 Å². The van der Waals surface area contributed by atoms with Crippen molar-refractivity contribution in [1.82, 2.24) is 10.3 Å². The van der Waals surface area contributed by atoms with Crippen LogP contribution in [0.1, 0.15) is 27.9 Å². The smallest absolute Gasteiger partial charge is 0.347 e. The third kappa shape index (κ3) is 5.62.